The molecular weight excluding hydrogens is 249 g/mol. The molecule has 1 aromatic rings. The number of amides is 1. The number of likely N-dealkylation sites (N-methyl/N-ethyl adjacent to an activating group) is 1. The van der Waals surface area contributed by atoms with Crippen LogP contribution in [0.25, 0.3) is 0 Å². The number of carbonyl (C=O) groups is 1. The predicted molar refractivity (Wildman–Crippen MR) is 66.8 cm³/mol. The smallest absolute Gasteiger partial charge is 0.224 e. The van der Waals surface area contributed by atoms with E-state index in [1.165, 1.54) is 0 Å². The average Bonchev–Trinajstić information content (AvgIpc) is 2.43. The summed E-state index contributed by atoms with van der Waals surface area (Å²) >= 11 is 0. The van der Waals surface area contributed by atoms with Gasteiger partial charge in [0, 0.05) is 31.9 Å². The molecule has 2 heterocycles. The first kappa shape index (κ1) is 15.2. The Bertz CT molecular complexity index is 347. The Morgan fingerprint density at radius 2 is 2.19 bits per heavy atom. The van der Waals surface area contributed by atoms with Gasteiger partial charge in [0.1, 0.15) is 0 Å². The molecular formula is C10H15Cl2N3O. The van der Waals surface area contributed by atoms with Gasteiger partial charge < -0.3 is 10.6 Å². The van der Waals surface area contributed by atoms with E-state index in [4.69, 9.17) is 5.73 Å². The summed E-state index contributed by atoms with van der Waals surface area (Å²) in [6.07, 6.45) is 3.90. The zero-order valence-corrected chi connectivity index (χ0v) is 10.5. The Morgan fingerprint density at radius 3 is 2.62 bits per heavy atom. The molecule has 1 aliphatic rings. The lowest BCUT2D eigenvalue weighted by molar-refractivity contribution is -0.127. The maximum atomic E-state index is 11.4. The fourth-order valence-corrected chi connectivity index (χ4v) is 1.92. The van der Waals surface area contributed by atoms with E-state index in [1.807, 2.05) is 12.1 Å². The topological polar surface area (TPSA) is 59.2 Å². The molecule has 1 saturated heterocycles. The van der Waals surface area contributed by atoms with E-state index < -0.39 is 0 Å². The number of aromatic nitrogens is 1. The van der Waals surface area contributed by atoms with Crippen molar-refractivity contribution in [1.29, 1.82) is 0 Å². The van der Waals surface area contributed by atoms with E-state index in [9.17, 15) is 4.79 Å². The summed E-state index contributed by atoms with van der Waals surface area (Å²) in [7, 11) is 1.78. The van der Waals surface area contributed by atoms with E-state index in [1.54, 1.807) is 24.3 Å². The van der Waals surface area contributed by atoms with Crippen LogP contribution in [0.5, 0.6) is 0 Å². The van der Waals surface area contributed by atoms with Crippen molar-refractivity contribution in [2.24, 2.45) is 5.73 Å². The molecule has 6 heteroatoms. The number of carbonyl (C=O) groups excluding carboxylic acids is 1. The van der Waals surface area contributed by atoms with E-state index in [0.717, 1.165) is 5.56 Å². The lowest BCUT2D eigenvalue weighted by Crippen LogP contribution is -2.30. The third-order valence-electron chi connectivity index (χ3n) is 2.65. The van der Waals surface area contributed by atoms with E-state index >= 15 is 0 Å². The predicted octanol–water partition coefficient (Wildman–Crippen LogP) is 1.16. The second-order valence-electron chi connectivity index (χ2n) is 3.60. The lowest BCUT2D eigenvalue weighted by Gasteiger charge is -2.22. The van der Waals surface area contributed by atoms with Crippen LogP contribution in [0.15, 0.2) is 24.5 Å². The van der Waals surface area contributed by atoms with Crippen molar-refractivity contribution < 1.29 is 4.79 Å². The molecule has 2 atom stereocenters. The van der Waals surface area contributed by atoms with Crippen molar-refractivity contribution in [2.45, 2.75) is 18.5 Å². The number of pyridine rings is 1. The Balaban J connectivity index is 0.00000112. The van der Waals surface area contributed by atoms with Gasteiger partial charge in [-0.25, -0.2) is 0 Å². The maximum absolute atomic E-state index is 11.4. The highest BCUT2D eigenvalue weighted by molar-refractivity contribution is 5.85. The van der Waals surface area contributed by atoms with Crippen LogP contribution in [-0.4, -0.2) is 28.9 Å². The molecule has 0 aliphatic carbocycles. The Kier molecular flexibility index (Phi) is 5.72. The minimum absolute atomic E-state index is 0. The summed E-state index contributed by atoms with van der Waals surface area (Å²) in [5.41, 5.74) is 6.91. The van der Waals surface area contributed by atoms with Gasteiger partial charge in [0.25, 0.3) is 0 Å². The normalized spacial score (nSPS) is 23.6. The molecule has 1 amide bonds. The van der Waals surface area contributed by atoms with Gasteiger partial charge in [-0.15, -0.1) is 24.8 Å². The molecule has 0 radical (unpaired) electrons. The molecule has 2 N–H and O–H groups in total. The van der Waals surface area contributed by atoms with Gasteiger partial charge in [0.2, 0.25) is 5.91 Å². The summed E-state index contributed by atoms with van der Waals surface area (Å²) < 4.78 is 0. The van der Waals surface area contributed by atoms with Gasteiger partial charge in [0.15, 0.2) is 0 Å². The molecule has 1 aliphatic heterocycles. The monoisotopic (exact) mass is 263 g/mol. The Hall–Kier alpha value is -0.840. The first-order chi connectivity index (χ1) is 6.70. The molecule has 4 nitrogen and oxygen atoms in total. The zero-order chi connectivity index (χ0) is 10.1. The van der Waals surface area contributed by atoms with Gasteiger partial charge in [-0.3, -0.25) is 9.78 Å². The summed E-state index contributed by atoms with van der Waals surface area (Å²) in [5, 5.41) is 0. The van der Waals surface area contributed by atoms with E-state index in [2.05, 4.69) is 4.98 Å². The van der Waals surface area contributed by atoms with Gasteiger partial charge in [-0.05, 0) is 11.6 Å². The molecule has 2 rings (SSSR count). The van der Waals surface area contributed by atoms with Crippen molar-refractivity contribution in [3.63, 3.8) is 0 Å². The van der Waals surface area contributed by atoms with Crippen molar-refractivity contribution in [1.82, 2.24) is 9.88 Å². The minimum Gasteiger partial charge on any atom is -0.337 e. The highest BCUT2D eigenvalue weighted by atomic mass is 35.5. The average molecular weight is 264 g/mol. The molecule has 1 aromatic heterocycles. The van der Waals surface area contributed by atoms with Crippen LogP contribution in [0.2, 0.25) is 0 Å². The van der Waals surface area contributed by atoms with Crippen LogP contribution in [-0.2, 0) is 4.79 Å². The first-order valence-electron chi connectivity index (χ1n) is 4.61. The maximum Gasteiger partial charge on any atom is 0.224 e. The number of likely N-dealkylation sites (tertiary alicyclic amines) is 1. The molecule has 16 heavy (non-hydrogen) atoms. The highest BCUT2D eigenvalue weighted by Crippen LogP contribution is 2.29. The second-order valence-corrected chi connectivity index (χ2v) is 3.60. The molecule has 2 unspecified atom stereocenters. The van der Waals surface area contributed by atoms with Crippen LogP contribution in [0.3, 0.4) is 0 Å². The number of hydrogen-bond donors (Lipinski definition) is 1. The van der Waals surface area contributed by atoms with Crippen LogP contribution < -0.4 is 5.73 Å². The van der Waals surface area contributed by atoms with E-state index in [0.29, 0.717) is 6.42 Å². The molecule has 0 spiro atoms. The fraction of sp³-hybridized carbons (Fsp3) is 0.400. The van der Waals surface area contributed by atoms with Crippen molar-refractivity contribution >= 4 is 30.7 Å². The third-order valence-corrected chi connectivity index (χ3v) is 2.65. The van der Waals surface area contributed by atoms with Gasteiger partial charge in [-0.2, -0.15) is 0 Å². The summed E-state index contributed by atoms with van der Waals surface area (Å²) in [4.78, 5) is 17.1. The zero-order valence-electron chi connectivity index (χ0n) is 8.87. The minimum atomic E-state index is -0.114. The number of rotatable bonds is 1. The summed E-state index contributed by atoms with van der Waals surface area (Å²) in [6, 6.07) is 3.68. The van der Waals surface area contributed by atoms with Gasteiger partial charge in [0.05, 0.1) is 6.04 Å². The van der Waals surface area contributed by atoms with Crippen molar-refractivity contribution in [2.75, 3.05) is 7.05 Å². The molecule has 0 saturated carbocycles. The largest absolute Gasteiger partial charge is 0.337 e. The second kappa shape index (κ2) is 6.03. The van der Waals surface area contributed by atoms with Crippen LogP contribution in [0, 0.1) is 0 Å². The Morgan fingerprint density at radius 1 is 1.50 bits per heavy atom. The summed E-state index contributed by atoms with van der Waals surface area (Å²) in [6.45, 7) is 0. The van der Waals surface area contributed by atoms with Crippen LogP contribution in [0.1, 0.15) is 18.0 Å². The fourth-order valence-electron chi connectivity index (χ4n) is 1.92. The van der Waals surface area contributed by atoms with Crippen molar-refractivity contribution in [3.05, 3.63) is 30.1 Å². The number of nitrogens with zero attached hydrogens (tertiary/aromatic N) is 2. The van der Waals surface area contributed by atoms with Gasteiger partial charge >= 0.3 is 0 Å². The quantitative estimate of drug-likeness (QED) is 0.827. The summed E-state index contributed by atoms with van der Waals surface area (Å²) in [5.74, 6) is 0.103. The Labute approximate surface area is 107 Å². The first-order valence-corrected chi connectivity index (χ1v) is 4.61. The molecule has 1 fully saturated rings. The van der Waals surface area contributed by atoms with Crippen LogP contribution in [0.4, 0.5) is 0 Å². The highest BCUT2D eigenvalue weighted by Gasteiger charge is 2.35. The number of halogens is 2. The molecule has 90 valence electrons. The third kappa shape index (κ3) is 2.64. The van der Waals surface area contributed by atoms with Gasteiger partial charge in [-0.1, -0.05) is 6.07 Å². The molecule has 0 aromatic carbocycles. The standard InChI is InChI=1S/C10H13N3O.2ClH/c1-13-9(14)5-8(11)10(13)7-3-2-4-12-6-7;;/h2-4,6,8,10H,5,11H2,1H3;2*1H. The SMILES string of the molecule is CN1C(=O)CC(N)C1c1cccnc1.Cl.Cl. The number of hydrogen-bond acceptors (Lipinski definition) is 3. The van der Waals surface area contributed by atoms with Crippen molar-refractivity contribution in [3.8, 4) is 0 Å². The van der Waals surface area contributed by atoms with Crippen LogP contribution >= 0.6 is 24.8 Å². The molecule has 0 bridgehead atoms. The number of nitrogens with two attached hydrogens (primary N) is 1. The lowest BCUT2D eigenvalue weighted by atomic mass is 10.0. The van der Waals surface area contributed by atoms with E-state index in [-0.39, 0.29) is 42.8 Å².